The molecule has 1 N–H and O–H groups in total. The van der Waals surface area contributed by atoms with Crippen molar-refractivity contribution in [3.05, 3.63) is 0 Å². The SMILES string of the molecule is CCN(CC(C)C(=O)O)C(=O)N1CCS(=O)(=O)CC1. The van der Waals surface area contributed by atoms with E-state index in [4.69, 9.17) is 5.11 Å². The van der Waals surface area contributed by atoms with E-state index in [-0.39, 0.29) is 37.2 Å². The second kappa shape index (κ2) is 6.23. The van der Waals surface area contributed by atoms with Crippen molar-refractivity contribution in [1.29, 1.82) is 0 Å². The molecule has 0 spiro atoms. The highest BCUT2D eigenvalue weighted by molar-refractivity contribution is 7.91. The van der Waals surface area contributed by atoms with E-state index in [1.807, 2.05) is 0 Å². The molecule has 19 heavy (non-hydrogen) atoms. The summed E-state index contributed by atoms with van der Waals surface area (Å²) in [6, 6.07) is -0.287. The maximum absolute atomic E-state index is 12.2. The first-order chi connectivity index (χ1) is 8.76. The van der Waals surface area contributed by atoms with Gasteiger partial charge in [-0.25, -0.2) is 13.2 Å². The fourth-order valence-electron chi connectivity index (χ4n) is 1.85. The standard InChI is InChI=1S/C11H20N2O5S/c1-3-12(8-9(2)10(14)15)11(16)13-4-6-19(17,18)7-5-13/h9H,3-8H2,1-2H3,(H,14,15). The molecule has 1 heterocycles. The zero-order valence-corrected chi connectivity index (χ0v) is 12.0. The van der Waals surface area contributed by atoms with Crippen molar-refractivity contribution >= 4 is 21.8 Å². The molecule has 1 unspecified atom stereocenters. The Balaban J connectivity index is 2.62. The number of amides is 2. The third kappa shape index (κ3) is 4.38. The highest BCUT2D eigenvalue weighted by Gasteiger charge is 2.28. The topological polar surface area (TPSA) is 95.0 Å². The first-order valence-electron chi connectivity index (χ1n) is 6.24. The number of aliphatic carboxylic acids is 1. The minimum absolute atomic E-state index is 0.0230. The number of hydrogen-bond acceptors (Lipinski definition) is 4. The minimum atomic E-state index is -3.02. The van der Waals surface area contributed by atoms with Crippen molar-refractivity contribution < 1.29 is 23.1 Å². The van der Waals surface area contributed by atoms with Crippen molar-refractivity contribution in [3.8, 4) is 0 Å². The number of carboxylic acid groups (broad SMARTS) is 1. The quantitative estimate of drug-likeness (QED) is 0.779. The van der Waals surface area contributed by atoms with Gasteiger partial charge in [0.25, 0.3) is 0 Å². The average molecular weight is 292 g/mol. The molecule has 110 valence electrons. The smallest absolute Gasteiger partial charge is 0.320 e. The van der Waals surface area contributed by atoms with Crippen LogP contribution >= 0.6 is 0 Å². The molecule has 0 aromatic carbocycles. The van der Waals surface area contributed by atoms with E-state index in [0.29, 0.717) is 6.54 Å². The molecular formula is C11H20N2O5S. The highest BCUT2D eigenvalue weighted by Crippen LogP contribution is 2.09. The van der Waals surface area contributed by atoms with Gasteiger partial charge in [-0.15, -0.1) is 0 Å². The highest BCUT2D eigenvalue weighted by atomic mass is 32.2. The van der Waals surface area contributed by atoms with Crippen LogP contribution in [0.3, 0.4) is 0 Å². The molecule has 0 radical (unpaired) electrons. The van der Waals surface area contributed by atoms with E-state index in [1.54, 1.807) is 13.8 Å². The summed E-state index contributed by atoms with van der Waals surface area (Å²) in [5.41, 5.74) is 0. The molecule has 1 saturated heterocycles. The van der Waals surface area contributed by atoms with E-state index >= 15 is 0 Å². The summed E-state index contributed by atoms with van der Waals surface area (Å²) in [7, 11) is -3.02. The van der Waals surface area contributed by atoms with E-state index in [2.05, 4.69) is 0 Å². The summed E-state index contributed by atoms with van der Waals surface area (Å²) in [6.07, 6.45) is 0. The van der Waals surface area contributed by atoms with E-state index in [9.17, 15) is 18.0 Å². The summed E-state index contributed by atoms with van der Waals surface area (Å²) in [5, 5.41) is 8.86. The first-order valence-corrected chi connectivity index (χ1v) is 8.06. The van der Waals surface area contributed by atoms with Crippen LogP contribution in [-0.2, 0) is 14.6 Å². The average Bonchev–Trinajstić information content (AvgIpc) is 2.34. The number of sulfone groups is 1. The lowest BCUT2D eigenvalue weighted by molar-refractivity contribution is -0.141. The van der Waals surface area contributed by atoms with Crippen LogP contribution in [0.15, 0.2) is 0 Å². The van der Waals surface area contributed by atoms with Crippen molar-refractivity contribution in [2.24, 2.45) is 5.92 Å². The van der Waals surface area contributed by atoms with Gasteiger partial charge in [0.1, 0.15) is 0 Å². The Morgan fingerprint density at radius 3 is 2.26 bits per heavy atom. The van der Waals surface area contributed by atoms with Crippen LogP contribution in [0.25, 0.3) is 0 Å². The van der Waals surface area contributed by atoms with Crippen molar-refractivity contribution in [2.75, 3.05) is 37.7 Å². The second-order valence-corrected chi connectivity index (χ2v) is 7.00. The third-order valence-corrected chi connectivity index (χ3v) is 4.79. The Labute approximate surface area is 113 Å². The molecule has 7 nitrogen and oxygen atoms in total. The van der Waals surface area contributed by atoms with Crippen LogP contribution in [0.5, 0.6) is 0 Å². The van der Waals surface area contributed by atoms with Gasteiger partial charge >= 0.3 is 12.0 Å². The molecule has 1 aliphatic heterocycles. The van der Waals surface area contributed by atoms with Crippen LogP contribution in [-0.4, -0.2) is 73.0 Å². The van der Waals surface area contributed by atoms with Gasteiger partial charge in [0, 0.05) is 26.2 Å². The Kier molecular flexibility index (Phi) is 5.16. The molecule has 0 aromatic heterocycles. The number of carbonyl (C=O) groups is 2. The third-order valence-electron chi connectivity index (χ3n) is 3.18. The first kappa shape index (κ1) is 15.7. The number of hydrogen-bond donors (Lipinski definition) is 1. The zero-order chi connectivity index (χ0) is 14.6. The monoisotopic (exact) mass is 292 g/mol. The van der Waals surface area contributed by atoms with Crippen LogP contribution in [0.4, 0.5) is 4.79 Å². The molecule has 2 amide bonds. The number of rotatable bonds is 4. The van der Waals surface area contributed by atoms with Crippen LogP contribution < -0.4 is 0 Å². The number of urea groups is 1. The Bertz CT molecular complexity index is 434. The molecule has 0 saturated carbocycles. The molecule has 8 heteroatoms. The van der Waals surface area contributed by atoms with E-state index < -0.39 is 21.7 Å². The Morgan fingerprint density at radius 1 is 1.32 bits per heavy atom. The predicted octanol–water partition coefficient (Wildman–Crippen LogP) is -0.121. The maximum atomic E-state index is 12.2. The lowest BCUT2D eigenvalue weighted by Gasteiger charge is -2.33. The van der Waals surface area contributed by atoms with Crippen molar-refractivity contribution in [1.82, 2.24) is 9.80 Å². The summed E-state index contributed by atoms with van der Waals surface area (Å²) < 4.78 is 22.6. The van der Waals surface area contributed by atoms with Gasteiger partial charge in [0.2, 0.25) is 0 Å². The fourth-order valence-corrected chi connectivity index (χ4v) is 3.06. The maximum Gasteiger partial charge on any atom is 0.320 e. The lowest BCUT2D eigenvalue weighted by Crippen LogP contribution is -2.51. The molecule has 0 bridgehead atoms. The molecule has 0 aromatic rings. The van der Waals surface area contributed by atoms with E-state index in [0.717, 1.165) is 0 Å². The zero-order valence-electron chi connectivity index (χ0n) is 11.2. The molecule has 1 fully saturated rings. The molecule has 1 rings (SSSR count). The van der Waals surface area contributed by atoms with Crippen molar-refractivity contribution in [3.63, 3.8) is 0 Å². The molecule has 1 aliphatic rings. The van der Waals surface area contributed by atoms with Crippen LogP contribution in [0, 0.1) is 5.92 Å². The van der Waals surface area contributed by atoms with Gasteiger partial charge in [0.15, 0.2) is 9.84 Å². The lowest BCUT2D eigenvalue weighted by atomic mass is 10.2. The Morgan fingerprint density at radius 2 is 1.84 bits per heavy atom. The normalized spacial score (nSPS) is 19.8. The van der Waals surface area contributed by atoms with Gasteiger partial charge < -0.3 is 14.9 Å². The Hall–Kier alpha value is -1.31. The van der Waals surface area contributed by atoms with Gasteiger partial charge in [0.05, 0.1) is 17.4 Å². The second-order valence-electron chi connectivity index (χ2n) is 4.70. The van der Waals surface area contributed by atoms with Crippen molar-refractivity contribution in [2.45, 2.75) is 13.8 Å². The summed E-state index contributed by atoms with van der Waals surface area (Å²) >= 11 is 0. The number of nitrogens with zero attached hydrogens (tertiary/aromatic N) is 2. The summed E-state index contributed by atoms with van der Waals surface area (Å²) in [6.45, 7) is 4.21. The van der Waals surface area contributed by atoms with Gasteiger partial charge in [-0.2, -0.15) is 0 Å². The summed E-state index contributed by atoms with van der Waals surface area (Å²) in [5.74, 6) is -1.64. The molecule has 0 aliphatic carbocycles. The fraction of sp³-hybridized carbons (Fsp3) is 0.818. The summed E-state index contributed by atoms with van der Waals surface area (Å²) in [4.78, 5) is 25.9. The van der Waals surface area contributed by atoms with Crippen LogP contribution in [0.2, 0.25) is 0 Å². The largest absolute Gasteiger partial charge is 0.481 e. The van der Waals surface area contributed by atoms with Gasteiger partial charge in [-0.3, -0.25) is 4.79 Å². The predicted molar refractivity (Wildman–Crippen MR) is 69.7 cm³/mol. The van der Waals surface area contributed by atoms with Gasteiger partial charge in [-0.05, 0) is 6.92 Å². The van der Waals surface area contributed by atoms with Crippen LogP contribution in [0.1, 0.15) is 13.8 Å². The molecule has 1 atom stereocenters. The number of carboxylic acids is 1. The minimum Gasteiger partial charge on any atom is -0.481 e. The number of carbonyl (C=O) groups excluding carboxylic acids is 1. The van der Waals surface area contributed by atoms with Gasteiger partial charge in [-0.1, -0.05) is 6.92 Å². The molecular weight excluding hydrogens is 272 g/mol. The van der Waals surface area contributed by atoms with E-state index in [1.165, 1.54) is 9.80 Å².